The number of rotatable bonds is 7. The molecule has 2 rings (SSSR count). The fourth-order valence-corrected chi connectivity index (χ4v) is 2.11. The number of hydrogen-bond acceptors (Lipinski definition) is 3. The Hall–Kier alpha value is -2.39. The van der Waals surface area contributed by atoms with Gasteiger partial charge in [-0.15, -0.1) is 0 Å². The lowest BCUT2D eigenvalue weighted by Gasteiger charge is -2.06. The average molecular weight is 310 g/mol. The normalized spacial score (nSPS) is 10.9. The van der Waals surface area contributed by atoms with Crippen molar-refractivity contribution in [3.05, 3.63) is 70.8 Å². The topological polar surface area (TPSA) is 35.5 Å². The second-order valence-electron chi connectivity index (χ2n) is 5.41. The molecule has 2 aromatic rings. The summed E-state index contributed by atoms with van der Waals surface area (Å²) in [6.45, 7) is 5.10. The summed E-state index contributed by atoms with van der Waals surface area (Å²) in [7, 11) is 1.64. The Bertz CT molecular complexity index is 702. The molecule has 0 unspecified atom stereocenters. The molecule has 23 heavy (non-hydrogen) atoms. The number of methoxy groups -OCH3 is 1. The van der Waals surface area contributed by atoms with Crippen LogP contribution < -0.4 is 4.74 Å². The highest BCUT2D eigenvalue weighted by molar-refractivity contribution is 6.06. The lowest BCUT2D eigenvalue weighted by Crippen LogP contribution is -2.04. The number of carbonyl (C=O) groups is 1. The Morgan fingerprint density at radius 3 is 2.61 bits per heavy atom. The van der Waals surface area contributed by atoms with Gasteiger partial charge in [-0.25, -0.2) is 0 Å². The lowest BCUT2D eigenvalue weighted by atomic mass is 10.0. The highest BCUT2D eigenvalue weighted by Crippen LogP contribution is 2.16. The van der Waals surface area contributed by atoms with Gasteiger partial charge in [0.15, 0.2) is 5.78 Å². The smallest absolute Gasteiger partial charge is 0.185 e. The van der Waals surface area contributed by atoms with Crippen molar-refractivity contribution in [3.63, 3.8) is 0 Å². The van der Waals surface area contributed by atoms with Gasteiger partial charge in [-0.3, -0.25) is 4.79 Å². The van der Waals surface area contributed by atoms with E-state index in [9.17, 15) is 4.79 Å². The van der Waals surface area contributed by atoms with E-state index in [0.717, 1.165) is 16.9 Å². The van der Waals surface area contributed by atoms with E-state index < -0.39 is 0 Å². The molecule has 0 N–H and O–H groups in total. The summed E-state index contributed by atoms with van der Waals surface area (Å²) in [4.78, 5) is 12.2. The van der Waals surface area contributed by atoms with Crippen LogP contribution in [0.15, 0.2) is 48.5 Å². The van der Waals surface area contributed by atoms with Crippen LogP contribution in [0.4, 0.5) is 0 Å². The molecule has 0 spiro atoms. The second-order valence-corrected chi connectivity index (χ2v) is 5.41. The van der Waals surface area contributed by atoms with Gasteiger partial charge in [-0.05, 0) is 54.8 Å². The molecule has 0 aliphatic heterocycles. The largest absolute Gasteiger partial charge is 0.491 e. The Kier molecular flexibility index (Phi) is 6.12. The summed E-state index contributed by atoms with van der Waals surface area (Å²) in [5.74, 6) is 0.765. The van der Waals surface area contributed by atoms with Crippen LogP contribution in [0.3, 0.4) is 0 Å². The quantitative estimate of drug-likeness (QED) is 0.436. The van der Waals surface area contributed by atoms with E-state index in [-0.39, 0.29) is 5.78 Å². The molecule has 120 valence electrons. The molecule has 3 nitrogen and oxygen atoms in total. The molecule has 0 bridgehead atoms. The van der Waals surface area contributed by atoms with Gasteiger partial charge >= 0.3 is 0 Å². The van der Waals surface area contributed by atoms with Crippen molar-refractivity contribution >= 4 is 11.9 Å². The van der Waals surface area contributed by atoms with Gasteiger partial charge < -0.3 is 9.47 Å². The zero-order valence-corrected chi connectivity index (χ0v) is 13.8. The van der Waals surface area contributed by atoms with E-state index in [1.165, 1.54) is 5.56 Å². The maximum Gasteiger partial charge on any atom is 0.185 e. The molecule has 0 radical (unpaired) electrons. The van der Waals surface area contributed by atoms with Gasteiger partial charge in [-0.2, -0.15) is 0 Å². The monoisotopic (exact) mass is 310 g/mol. The van der Waals surface area contributed by atoms with Gasteiger partial charge in [0.2, 0.25) is 0 Å². The highest BCUT2D eigenvalue weighted by atomic mass is 16.5. The Morgan fingerprint density at radius 2 is 1.87 bits per heavy atom. The number of carbonyl (C=O) groups excluding carboxylic acids is 1. The summed E-state index contributed by atoms with van der Waals surface area (Å²) >= 11 is 0. The zero-order valence-electron chi connectivity index (χ0n) is 13.8. The Balaban J connectivity index is 2.05. The predicted molar refractivity (Wildman–Crippen MR) is 93.1 cm³/mol. The van der Waals surface area contributed by atoms with Gasteiger partial charge in [0.1, 0.15) is 12.4 Å². The van der Waals surface area contributed by atoms with Crippen molar-refractivity contribution in [1.82, 2.24) is 0 Å². The predicted octanol–water partition coefficient (Wildman–Crippen LogP) is 4.22. The first-order valence-electron chi connectivity index (χ1n) is 7.61. The fraction of sp³-hybridized carbons (Fsp3) is 0.250. The van der Waals surface area contributed by atoms with Crippen LogP contribution in [-0.4, -0.2) is 26.1 Å². The van der Waals surface area contributed by atoms with Crippen molar-refractivity contribution in [2.75, 3.05) is 20.3 Å². The minimum absolute atomic E-state index is 0.00111. The first-order valence-corrected chi connectivity index (χ1v) is 7.61. The molecule has 0 fully saturated rings. The number of ether oxygens (including phenoxy) is 2. The van der Waals surface area contributed by atoms with Gasteiger partial charge in [-0.1, -0.05) is 30.3 Å². The maximum absolute atomic E-state index is 12.2. The first-order chi connectivity index (χ1) is 11.1. The van der Waals surface area contributed by atoms with E-state index in [4.69, 9.17) is 9.47 Å². The van der Waals surface area contributed by atoms with Gasteiger partial charge in [0, 0.05) is 12.7 Å². The van der Waals surface area contributed by atoms with E-state index in [1.54, 1.807) is 19.3 Å². The van der Waals surface area contributed by atoms with Gasteiger partial charge in [0.25, 0.3) is 0 Å². The van der Waals surface area contributed by atoms with Crippen LogP contribution in [0.5, 0.6) is 5.75 Å². The SMILES string of the molecule is COCCOc1cccc(/C=C/C(=O)c2ccc(C)c(C)c2)c1. The second kappa shape index (κ2) is 8.30. The number of hydrogen-bond donors (Lipinski definition) is 0. The molecule has 2 aromatic carbocycles. The summed E-state index contributed by atoms with van der Waals surface area (Å²) in [5, 5.41) is 0. The minimum Gasteiger partial charge on any atom is -0.491 e. The molecule has 0 heterocycles. The third-order valence-corrected chi connectivity index (χ3v) is 3.63. The third-order valence-electron chi connectivity index (χ3n) is 3.63. The number of ketones is 1. The van der Waals surface area contributed by atoms with E-state index in [1.807, 2.05) is 56.3 Å². The third kappa shape index (κ3) is 5.08. The maximum atomic E-state index is 12.2. The Labute approximate surface area is 137 Å². The van der Waals surface area contributed by atoms with Crippen LogP contribution in [0.1, 0.15) is 27.0 Å². The number of allylic oxidation sites excluding steroid dienone is 1. The molecule has 0 atom stereocenters. The number of benzene rings is 2. The molecule has 0 aromatic heterocycles. The summed E-state index contributed by atoms with van der Waals surface area (Å²) in [5.41, 5.74) is 3.94. The van der Waals surface area contributed by atoms with E-state index >= 15 is 0 Å². The van der Waals surface area contributed by atoms with Crippen molar-refractivity contribution in [2.24, 2.45) is 0 Å². The molecule has 0 saturated carbocycles. The molecule has 0 saturated heterocycles. The molecule has 3 heteroatoms. The number of aryl methyl sites for hydroxylation is 2. The van der Waals surface area contributed by atoms with Crippen LogP contribution in [-0.2, 0) is 4.74 Å². The molecular weight excluding hydrogens is 288 g/mol. The molecule has 0 aliphatic carbocycles. The van der Waals surface area contributed by atoms with Gasteiger partial charge in [0.05, 0.1) is 6.61 Å². The molecule has 0 aliphatic rings. The van der Waals surface area contributed by atoms with Crippen molar-refractivity contribution in [1.29, 1.82) is 0 Å². The molecular formula is C20H22O3. The standard InChI is InChI=1S/C20H22O3/c1-15-7-9-18(13-16(15)2)20(21)10-8-17-5-4-6-19(14-17)23-12-11-22-3/h4-10,13-14H,11-12H2,1-3H3/b10-8+. The van der Waals surface area contributed by atoms with Crippen LogP contribution in [0.2, 0.25) is 0 Å². The van der Waals surface area contributed by atoms with Crippen molar-refractivity contribution in [3.8, 4) is 5.75 Å². The van der Waals surface area contributed by atoms with E-state index in [0.29, 0.717) is 18.8 Å². The minimum atomic E-state index is -0.00111. The fourth-order valence-electron chi connectivity index (χ4n) is 2.11. The van der Waals surface area contributed by atoms with E-state index in [2.05, 4.69) is 0 Å². The summed E-state index contributed by atoms with van der Waals surface area (Å²) in [6, 6.07) is 13.4. The van der Waals surface area contributed by atoms with Crippen LogP contribution >= 0.6 is 0 Å². The lowest BCUT2D eigenvalue weighted by molar-refractivity contribution is 0.104. The van der Waals surface area contributed by atoms with Crippen molar-refractivity contribution < 1.29 is 14.3 Å². The van der Waals surface area contributed by atoms with Crippen LogP contribution in [0.25, 0.3) is 6.08 Å². The average Bonchev–Trinajstić information content (AvgIpc) is 2.56. The van der Waals surface area contributed by atoms with Crippen LogP contribution in [0, 0.1) is 13.8 Å². The molecule has 0 amide bonds. The highest BCUT2D eigenvalue weighted by Gasteiger charge is 2.03. The van der Waals surface area contributed by atoms with Crippen molar-refractivity contribution in [2.45, 2.75) is 13.8 Å². The first kappa shape index (κ1) is 17.0. The zero-order chi connectivity index (χ0) is 16.7. The summed E-state index contributed by atoms with van der Waals surface area (Å²) in [6.07, 6.45) is 3.40. The Morgan fingerprint density at radius 1 is 1.04 bits per heavy atom. The summed E-state index contributed by atoms with van der Waals surface area (Å²) < 4.78 is 10.5.